The molecule has 0 saturated heterocycles. The number of carbonyl (C=O) groups excluding carboxylic acids is 3. The Morgan fingerprint density at radius 2 is 1.73 bits per heavy atom. The first-order valence-electron chi connectivity index (χ1n) is 13.9. The summed E-state index contributed by atoms with van der Waals surface area (Å²) in [6, 6.07) is 17.1. The van der Waals surface area contributed by atoms with Crippen LogP contribution in [-0.4, -0.2) is 45.7 Å². The lowest BCUT2D eigenvalue weighted by Gasteiger charge is -2.21. The second kappa shape index (κ2) is 17.3. The van der Waals surface area contributed by atoms with E-state index in [1.807, 2.05) is 23.6 Å². The lowest BCUT2D eigenvalue weighted by molar-refractivity contribution is -0.122. The number of nitrogens with one attached hydrogen (secondary N) is 2. The summed E-state index contributed by atoms with van der Waals surface area (Å²) in [6.45, 7) is 1.66. The average Bonchev–Trinajstić information content (AvgIpc) is 3.36. The number of carbonyl (C=O) groups is 3. The number of anilines is 2. The summed E-state index contributed by atoms with van der Waals surface area (Å²) in [4.78, 5) is 47.5. The molecule has 0 saturated carbocycles. The van der Waals surface area contributed by atoms with Gasteiger partial charge in [-0.15, -0.1) is 24.8 Å². The Kier molecular flexibility index (Phi) is 13.8. The summed E-state index contributed by atoms with van der Waals surface area (Å²) >= 11 is 16.7. The lowest BCUT2D eigenvalue weighted by atomic mass is 10.2. The van der Waals surface area contributed by atoms with Gasteiger partial charge in [0, 0.05) is 53.6 Å². The molecular formula is C33H29BrCl4N6O4. The molecule has 2 N–H and O–H groups in total. The van der Waals surface area contributed by atoms with E-state index in [9.17, 15) is 14.4 Å². The van der Waals surface area contributed by atoms with Gasteiger partial charge >= 0.3 is 0 Å². The van der Waals surface area contributed by atoms with Crippen molar-refractivity contribution in [2.45, 2.75) is 13.5 Å². The molecule has 0 aliphatic carbocycles. The van der Waals surface area contributed by atoms with Gasteiger partial charge in [-0.1, -0.05) is 35.3 Å². The second-order valence-corrected chi connectivity index (χ2v) is 11.6. The van der Waals surface area contributed by atoms with Crippen molar-refractivity contribution in [3.8, 4) is 5.75 Å². The normalized spacial score (nSPS) is 10.6. The Morgan fingerprint density at radius 3 is 2.44 bits per heavy atom. The van der Waals surface area contributed by atoms with Crippen LogP contribution in [0.2, 0.25) is 10.0 Å². The third-order valence-corrected chi connectivity index (χ3v) is 8.67. The van der Waals surface area contributed by atoms with Crippen LogP contribution in [0.25, 0.3) is 11.7 Å². The van der Waals surface area contributed by atoms with E-state index in [-0.39, 0.29) is 48.9 Å². The van der Waals surface area contributed by atoms with Gasteiger partial charge in [0.15, 0.2) is 11.4 Å². The smallest absolute Gasteiger partial charge is 0.255 e. The molecule has 0 spiro atoms. The highest BCUT2D eigenvalue weighted by Gasteiger charge is 2.20. The summed E-state index contributed by atoms with van der Waals surface area (Å²) in [5, 5.41) is 6.02. The Morgan fingerprint density at radius 1 is 1.02 bits per heavy atom. The molecule has 3 heterocycles. The number of fused-ring (bicyclic) bond motifs is 1. The highest BCUT2D eigenvalue weighted by molar-refractivity contribution is 9.10. The van der Waals surface area contributed by atoms with Gasteiger partial charge in [-0.25, -0.2) is 4.98 Å². The highest BCUT2D eigenvalue weighted by Crippen LogP contribution is 2.35. The molecule has 5 rings (SSSR count). The maximum Gasteiger partial charge on any atom is 0.255 e. The SMILES string of the molecule is Cc1nc2c(OCc3c(Cl)ccc(N(C)C(=O)CNC(=O)C=Cc4ccc(NC(=O)c5ccncc5)cc4)c3Cl)cccn2c1Br.Cl.Cl. The molecule has 0 radical (unpaired) electrons. The first-order valence-corrected chi connectivity index (χ1v) is 15.4. The number of hydrogen-bond donors (Lipinski definition) is 2. The topological polar surface area (TPSA) is 118 Å². The largest absolute Gasteiger partial charge is 0.485 e. The fourth-order valence-electron chi connectivity index (χ4n) is 4.40. The van der Waals surface area contributed by atoms with Crippen molar-refractivity contribution in [2.75, 3.05) is 23.8 Å². The standard InChI is InChI=1S/C33H27BrCl2N6O4.2ClH/c1-20-31(34)42-17-3-4-27(32(42)39-20)46-19-24-25(35)10-11-26(30(24)36)41(2)29(44)18-38-28(43)12-7-21-5-8-23(9-6-21)40-33(45)22-13-15-37-16-14-22;;/h3-17H,18-19H2,1-2H3,(H,38,43)(H,40,45);2*1H. The number of hydrogen-bond acceptors (Lipinski definition) is 6. The molecule has 15 heteroatoms. The van der Waals surface area contributed by atoms with Crippen molar-refractivity contribution in [1.29, 1.82) is 0 Å². The molecule has 0 fully saturated rings. The van der Waals surface area contributed by atoms with Crippen LogP contribution in [0.3, 0.4) is 0 Å². The number of likely N-dealkylation sites (N-methyl/N-ethyl adjacent to an activating group) is 1. The van der Waals surface area contributed by atoms with Crippen LogP contribution in [-0.2, 0) is 16.2 Å². The van der Waals surface area contributed by atoms with Gasteiger partial charge in [-0.3, -0.25) is 23.8 Å². The maximum atomic E-state index is 13.0. The number of nitrogens with zero attached hydrogens (tertiary/aromatic N) is 4. The van der Waals surface area contributed by atoms with Crippen LogP contribution in [0.1, 0.15) is 27.2 Å². The molecule has 48 heavy (non-hydrogen) atoms. The molecule has 5 aromatic rings. The molecular weight excluding hydrogens is 766 g/mol. The van der Waals surface area contributed by atoms with Gasteiger partial charge in [-0.05, 0) is 83.0 Å². The molecule has 3 amide bonds. The van der Waals surface area contributed by atoms with E-state index in [4.69, 9.17) is 27.9 Å². The molecule has 3 aromatic heterocycles. The van der Waals surface area contributed by atoms with E-state index in [1.165, 1.54) is 11.0 Å². The molecule has 0 bridgehead atoms. The summed E-state index contributed by atoms with van der Waals surface area (Å²) < 4.78 is 8.74. The quantitative estimate of drug-likeness (QED) is 0.141. The summed E-state index contributed by atoms with van der Waals surface area (Å²) in [7, 11) is 1.56. The Balaban J connectivity index is 0.00000312. The molecule has 2 aromatic carbocycles. The summed E-state index contributed by atoms with van der Waals surface area (Å²) in [5.41, 5.74) is 4.19. The predicted molar refractivity (Wildman–Crippen MR) is 197 cm³/mol. The number of imidazole rings is 1. The number of amides is 3. The number of aryl methyl sites for hydroxylation is 1. The molecule has 0 unspecified atom stereocenters. The van der Waals surface area contributed by atoms with Gasteiger partial charge in [0.1, 0.15) is 11.2 Å². The van der Waals surface area contributed by atoms with Crippen LogP contribution in [0.5, 0.6) is 5.75 Å². The fourth-order valence-corrected chi connectivity index (χ4v) is 5.38. The third kappa shape index (κ3) is 9.06. The van der Waals surface area contributed by atoms with Crippen molar-refractivity contribution in [3.63, 3.8) is 0 Å². The van der Waals surface area contributed by atoms with Crippen LogP contribution >= 0.6 is 63.9 Å². The van der Waals surface area contributed by atoms with Gasteiger partial charge in [0.05, 0.1) is 22.9 Å². The zero-order valence-electron chi connectivity index (χ0n) is 25.4. The second-order valence-electron chi connectivity index (χ2n) is 10.0. The molecule has 0 aliphatic rings. The predicted octanol–water partition coefficient (Wildman–Crippen LogP) is 7.57. The number of ether oxygens (including phenoxy) is 1. The fraction of sp³-hybridized carbons (Fsp3) is 0.121. The van der Waals surface area contributed by atoms with E-state index < -0.39 is 11.8 Å². The van der Waals surface area contributed by atoms with Gasteiger partial charge < -0.3 is 20.3 Å². The van der Waals surface area contributed by atoms with Gasteiger partial charge in [0.25, 0.3) is 5.91 Å². The van der Waals surface area contributed by atoms with Crippen LogP contribution in [0.15, 0.2) is 89.9 Å². The van der Waals surface area contributed by atoms with Crippen LogP contribution in [0, 0.1) is 6.92 Å². The van der Waals surface area contributed by atoms with Crippen molar-refractivity contribution in [2.24, 2.45) is 0 Å². The number of benzene rings is 2. The third-order valence-electron chi connectivity index (χ3n) is 6.94. The molecule has 10 nitrogen and oxygen atoms in total. The van der Waals surface area contributed by atoms with Gasteiger partial charge in [0.2, 0.25) is 11.8 Å². The Hall–Kier alpha value is -4.13. The summed E-state index contributed by atoms with van der Waals surface area (Å²) in [5.74, 6) is -0.563. The minimum Gasteiger partial charge on any atom is -0.485 e. The van der Waals surface area contributed by atoms with Crippen LogP contribution in [0.4, 0.5) is 11.4 Å². The van der Waals surface area contributed by atoms with E-state index >= 15 is 0 Å². The van der Waals surface area contributed by atoms with E-state index in [0.29, 0.717) is 38.9 Å². The Bertz CT molecular complexity index is 1960. The first kappa shape index (κ1) is 38.3. The number of halogens is 5. The van der Waals surface area contributed by atoms with E-state index in [2.05, 4.69) is 36.5 Å². The number of pyridine rings is 2. The van der Waals surface area contributed by atoms with Crippen molar-refractivity contribution >= 4 is 105 Å². The first-order chi connectivity index (χ1) is 22.1. The minimum atomic E-state index is -0.455. The van der Waals surface area contributed by atoms with Crippen LogP contribution < -0.4 is 20.3 Å². The Labute approximate surface area is 307 Å². The van der Waals surface area contributed by atoms with Crippen molar-refractivity contribution < 1.29 is 19.1 Å². The maximum absolute atomic E-state index is 13.0. The summed E-state index contributed by atoms with van der Waals surface area (Å²) in [6.07, 6.45) is 7.89. The van der Waals surface area contributed by atoms with Gasteiger partial charge in [-0.2, -0.15) is 0 Å². The zero-order valence-corrected chi connectivity index (χ0v) is 30.2. The van der Waals surface area contributed by atoms with E-state index in [0.717, 1.165) is 15.9 Å². The lowest BCUT2D eigenvalue weighted by Crippen LogP contribution is -2.37. The van der Waals surface area contributed by atoms with Crippen molar-refractivity contribution in [3.05, 3.63) is 122 Å². The average molecular weight is 795 g/mol. The monoisotopic (exact) mass is 792 g/mol. The van der Waals surface area contributed by atoms with E-state index in [1.54, 1.807) is 80.1 Å². The number of rotatable bonds is 10. The minimum absolute atomic E-state index is 0. The molecule has 0 atom stereocenters. The molecule has 250 valence electrons. The number of aromatic nitrogens is 3. The highest BCUT2D eigenvalue weighted by atomic mass is 79.9. The van der Waals surface area contributed by atoms with Crippen molar-refractivity contribution in [1.82, 2.24) is 19.7 Å². The molecule has 0 aliphatic heterocycles. The zero-order chi connectivity index (χ0) is 32.8.